The van der Waals surface area contributed by atoms with E-state index < -0.39 is 11.7 Å². The Morgan fingerprint density at radius 1 is 1.44 bits per heavy atom. The molecule has 5 nitrogen and oxygen atoms in total. The van der Waals surface area contributed by atoms with E-state index in [-0.39, 0.29) is 22.9 Å². The molecule has 0 aliphatic heterocycles. The summed E-state index contributed by atoms with van der Waals surface area (Å²) in [5.74, 6) is -0.586. The average Bonchev–Trinajstić information content (AvgIpc) is 2.78. The third-order valence-corrected chi connectivity index (χ3v) is 2.44. The van der Waals surface area contributed by atoms with Gasteiger partial charge in [0.15, 0.2) is 5.82 Å². The van der Waals surface area contributed by atoms with Crippen LogP contribution in [0.3, 0.4) is 0 Å². The Hall–Kier alpha value is -2.24. The lowest BCUT2D eigenvalue weighted by Crippen LogP contribution is -2.11. The van der Waals surface area contributed by atoms with Gasteiger partial charge in [-0.2, -0.15) is 4.98 Å². The van der Waals surface area contributed by atoms with Crippen molar-refractivity contribution in [3.8, 4) is 11.5 Å². The summed E-state index contributed by atoms with van der Waals surface area (Å²) in [5.41, 5.74) is 5.40. The van der Waals surface area contributed by atoms with Gasteiger partial charge in [-0.05, 0) is 18.2 Å². The predicted octanol–water partition coefficient (Wildman–Crippen LogP) is 2.10. The van der Waals surface area contributed by atoms with Crippen molar-refractivity contribution in [2.75, 3.05) is 0 Å². The third kappa shape index (κ3) is 2.22. The van der Waals surface area contributed by atoms with E-state index in [1.165, 1.54) is 12.1 Å². The van der Waals surface area contributed by atoms with Crippen LogP contribution in [0.1, 0.15) is 35.9 Å². The molecule has 94 valence electrons. The van der Waals surface area contributed by atoms with Crippen LogP contribution in [0, 0.1) is 5.82 Å². The molecular weight excluding hydrogens is 237 g/mol. The van der Waals surface area contributed by atoms with Crippen LogP contribution in [-0.2, 0) is 0 Å². The number of primary amides is 1. The van der Waals surface area contributed by atoms with Crippen molar-refractivity contribution in [3.63, 3.8) is 0 Å². The summed E-state index contributed by atoms with van der Waals surface area (Å²) in [5, 5.41) is 3.74. The van der Waals surface area contributed by atoms with Crippen molar-refractivity contribution in [2.45, 2.75) is 19.8 Å². The van der Waals surface area contributed by atoms with Crippen molar-refractivity contribution >= 4 is 5.91 Å². The Bertz CT molecular complexity index is 593. The molecule has 0 unspecified atom stereocenters. The van der Waals surface area contributed by atoms with Gasteiger partial charge in [-0.3, -0.25) is 4.79 Å². The lowest BCUT2D eigenvalue weighted by atomic mass is 10.1. The number of carbonyl (C=O) groups excluding carboxylic acids is 1. The van der Waals surface area contributed by atoms with Gasteiger partial charge < -0.3 is 10.3 Å². The van der Waals surface area contributed by atoms with E-state index in [1.807, 2.05) is 13.8 Å². The Labute approximate surface area is 103 Å². The summed E-state index contributed by atoms with van der Waals surface area (Å²) < 4.78 is 18.6. The van der Waals surface area contributed by atoms with Crippen molar-refractivity contribution in [2.24, 2.45) is 5.73 Å². The molecule has 1 heterocycles. The summed E-state index contributed by atoms with van der Waals surface area (Å²) in [6, 6.07) is 3.75. The summed E-state index contributed by atoms with van der Waals surface area (Å²) in [4.78, 5) is 15.1. The lowest BCUT2D eigenvalue weighted by Gasteiger charge is -2.00. The molecule has 0 fully saturated rings. The topological polar surface area (TPSA) is 82.0 Å². The van der Waals surface area contributed by atoms with E-state index in [4.69, 9.17) is 10.3 Å². The minimum atomic E-state index is -0.639. The molecule has 1 aromatic heterocycles. The van der Waals surface area contributed by atoms with Gasteiger partial charge >= 0.3 is 0 Å². The van der Waals surface area contributed by atoms with Gasteiger partial charge in [0.05, 0.1) is 5.56 Å². The van der Waals surface area contributed by atoms with E-state index in [1.54, 1.807) is 0 Å². The summed E-state index contributed by atoms with van der Waals surface area (Å²) >= 11 is 0. The SMILES string of the molecule is CC(C)c1noc(-c2cc(C(N)=O)ccc2F)n1. The van der Waals surface area contributed by atoms with Crippen LogP contribution in [0.4, 0.5) is 4.39 Å². The first kappa shape index (κ1) is 12.2. The maximum Gasteiger partial charge on any atom is 0.260 e. The van der Waals surface area contributed by atoms with Crippen LogP contribution in [0.2, 0.25) is 0 Å². The number of nitrogens with zero attached hydrogens (tertiary/aromatic N) is 2. The van der Waals surface area contributed by atoms with Gasteiger partial charge in [-0.1, -0.05) is 19.0 Å². The van der Waals surface area contributed by atoms with E-state index in [2.05, 4.69) is 10.1 Å². The van der Waals surface area contributed by atoms with E-state index in [0.717, 1.165) is 6.07 Å². The molecule has 0 spiro atoms. The first-order valence-electron chi connectivity index (χ1n) is 5.42. The van der Waals surface area contributed by atoms with Crippen LogP contribution < -0.4 is 5.73 Å². The zero-order chi connectivity index (χ0) is 13.3. The second-order valence-corrected chi connectivity index (χ2v) is 4.17. The van der Waals surface area contributed by atoms with Crippen molar-refractivity contribution in [3.05, 3.63) is 35.4 Å². The Morgan fingerprint density at radius 3 is 2.72 bits per heavy atom. The number of hydrogen-bond donors (Lipinski definition) is 1. The van der Waals surface area contributed by atoms with Crippen LogP contribution in [0.15, 0.2) is 22.7 Å². The van der Waals surface area contributed by atoms with Gasteiger partial charge in [0.1, 0.15) is 5.82 Å². The second kappa shape index (κ2) is 4.56. The number of carbonyl (C=O) groups is 1. The first-order chi connectivity index (χ1) is 8.49. The predicted molar refractivity (Wildman–Crippen MR) is 62.3 cm³/mol. The van der Waals surface area contributed by atoms with Crippen LogP contribution in [0.25, 0.3) is 11.5 Å². The summed E-state index contributed by atoms with van der Waals surface area (Å²) in [6.07, 6.45) is 0. The molecule has 0 aliphatic carbocycles. The van der Waals surface area contributed by atoms with Crippen LogP contribution >= 0.6 is 0 Å². The number of benzene rings is 1. The number of rotatable bonds is 3. The summed E-state index contributed by atoms with van der Waals surface area (Å²) in [7, 11) is 0. The molecule has 2 N–H and O–H groups in total. The standard InChI is InChI=1S/C12H12FN3O2/c1-6(2)11-15-12(18-16-11)8-5-7(10(14)17)3-4-9(8)13/h3-6H,1-2H3,(H2,14,17). The van der Waals surface area contributed by atoms with Gasteiger partial charge in [0, 0.05) is 11.5 Å². The normalized spacial score (nSPS) is 10.9. The molecule has 0 aliphatic rings. The van der Waals surface area contributed by atoms with Gasteiger partial charge in [0.2, 0.25) is 5.91 Å². The molecule has 18 heavy (non-hydrogen) atoms. The molecular formula is C12H12FN3O2. The van der Waals surface area contributed by atoms with E-state index in [0.29, 0.717) is 5.82 Å². The van der Waals surface area contributed by atoms with Gasteiger partial charge in [-0.25, -0.2) is 4.39 Å². The van der Waals surface area contributed by atoms with Crippen molar-refractivity contribution < 1.29 is 13.7 Å². The smallest absolute Gasteiger partial charge is 0.260 e. The fraction of sp³-hybridized carbons (Fsp3) is 0.250. The molecule has 2 rings (SSSR count). The molecule has 0 bridgehead atoms. The molecule has 0 saturated carbocycles. The quantitative estimate of drug-likeness (QED) is 0.902. The molecule has 2 aromatic rings. The highest BCUT2D eigenvalue weighted by Gasteiger charge is 2.16. The fourth-order valence-corrected chi connectivity index (χ4v) is 1.42. The lowest BCUT2D eigenvalue weighted by molar-refractivity contribution is 0.100. The first-order valence-corrected chi connectivity index (χ1v) is 5.42. The number of aromatic nitrogens is 2. The molecule has 1 amide bonds. The number of halogens is 1. The zero-order valence-corrected chi connectivity index (χ0v) is 9.98. The summed E-state index contributed by atoms with van der Waals surface area (Å²) in [6.45, 7) is 3.79. The highest BCUT2D eigenvalue weighted by Crippen LogP contribution is 2.23. The highest BCUT2D eigenvalue weighted by atomic mass is 19.1. The minimum Gasteiger partial charge on any atom is -0.366 e. The molecule has 0 saturated heterocycles. The van der Waals surface area contributed by atoms with Gasteiger partial charge in [-0.15, -0.1) is 0 Å². The molecule has 0 atom stereocenters. The van der Waals surface area contributed by atoms with E-state index >= 15 is 0 Å². The molecule has 0 radical (unpaired) electrons. The van der Waals surface area contributed by atoms with Crippen molar-refractivity contribution in [1.29, 1.82) is 0 Å². The molecule has 6 heteroatoms. The third-order valence-electron chi connectivity index (χ3n) is 2.44. The monoisotopic (exact) mass is 249 g/mol. The highest BCUT2D eigenvalue weighted by molar-refractivity contribution is 5.93. The molecule has 1 aromatic carbocycles. The Kier molecular flexibility index (Phi) is 3.10. The number of hydrogen-bond acceptors (Lipinski definition) is 4. The minimum absolute atomic E-state index is 0.0410. The Balaban J connectivity index is 2.48. The largest absolute Gasteiger partial charge is 0.366 e. The van der Waals surface area contributed by atoms with Crippen molar-refractivity contribution in [1.82, 2.24) is 10.1 Å². The second-order valence-electron chi connectivity index (χ2n) is 4.17. The van der Waals surface area contributed by atoms with Crippen LogP contribution in [0.5, 0.6) is 0 Å². The number of amides is 1. The Morgan fingerprint density at radius 2 is 2.17 bits per heavy atom. The maximum absolute atomic E-state index is 13.6. The van der Waals surface area contributed by atoms with Crippen LogP contribution in [-0.4, -0.2) is 16.0 Å². The maximum atomic E-state index is 13.6. The zero-order valence-electron chi connectivity index (χ0n) is 9.98. The van der Waals surface area contributed by atoms with E-state index in [9.17, 15) is 9.18 Å². The van der Waals surface area contributed by atoms with Gasteiger partial charge in [0.25, 0.3) is 5.89 Å². The fourth-order valence-electron chi connectivity index (χ4n) is 1.42. The number of nitrogens with two attached hydrogens (primary N) is 1. The average molecular weight is 249 g/mol.